The average Bonchev–Trinajstić information content (AvgIpc) is 2.98. The normalized spacial score (nSPS) is 24.1. The largest absolute Gasteiger partial charge is 0.468 e. The van der Waals surface area contributed by atoms with Gasteiger partial charge in [0.05, 0.1) is 7.11 Å². The summed E-state index contributed by atoms with van der Waals surface area (Å²) in [4.78, 5) is 11.3. The lowest BCUT2D eigenvalue weighted by Gasteiger charge is -2.14. The van der Waals surface area contributed by atoms with Gasteiger partial charge in [-0.1, -0.05) is 0 Å². The topological polar surface area (TPSA) is 38.3 Å². The van der Waals surface area contributed by atoms with E-state index in [2.05, 4.69) is 5.32 Å². The summed E-state index contributed by atoms with van der Waals surface area (Å²) in [7, 11) is 1.47. The van der Waals surface area contributed by atoms with Gasteiger partial charge in [0.1, 0.15) is 6.04 Å². The van der Waals surface area contributed by atoms with E-state index in [1.54, 1.807) is 0 Å². The van der Waals surface area contributed by atoms with Crippen LogP contribution in [0.2, 0.25) is 0 Å². The second-order valence-electron chi connectivity index (χ2n) is 4.19. The molecule has 0 spiro atoms. The minimum absolute atomic E-state index is 0.0226. The van der Waals surface area contributed by atoms with Crippen molar-refractivity contribution in [1.82, 2.24) is 5.32 Å². The summed E-state index contributed by atoms with van der Waals surface area (Å²) in [6.07, 6.45) is 5.01. The van der Waals surface area contributed by atoms with Crippen LogP contribution in [0.5, 0.6) is 0 Å². The highest BCUT2D eigenvalue weighted by atomic mass is 16.5. The van der Waals surface area contributed by atoms with Gasteiger partial charge in [-0.05, 0) is 44.1 Å². The predicted octanol–water partition coefficient (Wildman–Crippen LogP) is 0.938. The third kappa shape index (κ3) is 2.44. The van der Waals surface area contributed by atoms with Crippen LogP contribution in [0.3, 0.4) is 0 Å². The van der Waals surface area contributed by atoms with Crippen LogP contribution in [0.1, 0.15) is 25.7 Å². The first-order chi connectivity index (χ1) is 6.31. The molecule has 1 atom stereocenters. The quantitative estimate of drug-likeness (QED) is 0.645. The molecule has 2 rings (SSSR count). The molecule has 0 aromatic carbocycles. The standard InChI is InChI=1S/C10H17NO2/c1-13-10(12)9(8-4-5-8)11-6-7-2-3-7/h7-9,11H,2-6H2,1H3. The Bertz CT molecular complexity index is 197. The van der Waals surface area contributed by atoms with Crippen LogP contribution >= 0.6 is 0 Å². The zero-order valence-electron chi connectivity index (χ0n) is 8.08. The molecule has 0 bridgehead atoms. The lowest BCUT2D eigenvalue weighted by atomic mass is 10.2. The monoisotopic (exact) mass is 183 g/mol. The number of methoxy groups -OCH3 is 1. The number of ether oxygens (including phenoxy) is 1. The maximum Gasteiger partial charge on any atom is 0.323 e. The van der Waals surface area contributed by atoms with Crippen LogP contribution in [0.25, 0.3) is 0 Å². The third-order valence-corrected chi connectivity index (χ3v) is 2.87. The van der Waals surface area contributed by atoms with Crippen molar-refractivity contribution in [2.45, 2.75) is 31.7 Å². The lowest BCUT2D eigenvalue weighted by Crippen LogP contribution is -2.40. The zero-order valence-corrected chi connectivity index (χ0v) is 8.08. The Morgan fingerprint density at radius 1 is 1.46 bits per heavy atom. The number of carbonyl (C=O) groups is 1. The molecule has 3 nitrogen and oxygen atoms in total. The van der Waals surface area contributed by atoms with Gasteiger partial charge in [0.25, 0.3) is 0 Å². The molecule has 2 aliphatic rings. The van der Waals surface area contributed by atoms with E-state index < -0.39 is 0 Å². The van der Waals surface area contributed by atoms with Gasteiger partial charge < -0.3 is 10.1 Å². The van der Waals surface area contributed by atoms with Crippen LogP contribution in [-0.2, 0) is 9.53 Å². The van der Waals surface area contributed by atoms with Gasteiger partial charge in [-0.15, -0.1) is 0 Å². The Balaban J connectivity index is 1.77. The van der Waals surface area contributed by atoms with Gasteiger partial charge in [-0.2, -0.15) is 0 Å². The smallest absolute Gasteiger partial charge is 0.323 e. The Kier molecular flexibility index (Phi) is 2.54. The molecule has 13 heavy (non-hydrogen) atoms. The molecule has 1 N–H and O–H groups in total. The van der Waals surface area contributed by atoms with Crippen LogP contribution in [0.4, 0.5) is 0 Å². The summed E-state index contributed by atoms with van der Waals surface area (Å²) in [5, 5.41) is 3.32. The van der Waals surface area contributed by atoms with E-state index in [1.807, 2.05) is 0 Å². The molecule has 2 saturated carbocycles. The van der Waals surface area contributed by atoms with E-state index in [9.17, 15) is 4.79 Å². The predicted molar refractivity (Wildman–Crippen MR) is 49.3 cm³/mol. The van der Waals surface area contributed by atoms with Crippen molar-refractivity contribution >= 4 is 5.97 Å². The second-order valence-corrected chi connectivity index (χ2v) is 4.19. The molecule has 0 amide bonds. The first-order valence-electron chi connectivity index (χ1n) is 5.12. The summed E-state index contributed by atoms with van der Waals surface area (Å²) in [6, 6.07) is -0.0226. The van der Waals surface area contributed by atoms with Gasteiger partial charge >= 0.3 is 5.97 Å². The van der Waals surface area contributed by atoms with Crippen molar-refractivity contribution < 1.29 is 9.53 Å². The molecule has 2 fully saturated rings. The number of hydrogen-bond donors (Lipinski definition) is 1. The first kappa shape index (κ1) is 9.00. The fourth-order valence-electron chi connectivity index (χ4n) is 1.61. The van der Waals surface area contributed by atoms with Crippen LogP contribution in [0.15, 0.2) is 0 Å². The van der Waals surface area contributed by atoms with E-state index in [-0.39, 0.29) is 12.0 Å². The fourth-order valence-corrected chi connectivity index (χ4v) is 1.61. The molecule has 0 heterocycles. The SMILES string of the molecule is COC(=O)C(NCC1CC1)C1CC1. The van der Waals surface area contributed by atoms with Gasteiger partial charge in [0.2, 0.25) is 0 Å². The number of nitrogens with one attached hydrogen (secondary N) is 1. The molecule has 0 aromatic rings. The molecule has 3 heteroatoms. The van der Waals surface area contributed by atoms with E-state index in [1.165, 1.54) is 32.8 Å². The van der Waals surface area contributed by atoms with E-state index in [4.69, 9.17) is 4.74 Å². The molecular formula is C10H17NO2. The molecular weight excluding hydrogens is 166 g/mol. The van der Waals surface area contributed by atoms with Crippen molar-refractivity contribution in [1.29, 1.82) is 0 Å². The summed E-state index contributed by atoms with van der Waals surface area (Å²) in [6.45, 7) is 0.996. The van der Waals surface area contributed by atoms with Crippen LogP contribution in [-0.4, -0.2) is 25.7 Å². The van der Waals surface area contributed by atoms with Crippen LogP contribution < -0.4 is 5.32 Å². The highest BCUT2D eigenvalue weighted by Gasteiger charge is 2.37. The van der Waals surface area contributed by atoms with Crippen LogP contribution in [0, 0.1) is 11.8 Å². The molecule has 0 aromatic heterocycles. The third-order valence-electron chi connectivity index (χ3n) is 2.87. The Morgan fingerprint density at radius 3 is 2.62 bits per heavy atom. The Hall–Kier alpha value is -0.570. The second kappa shape index (κ2) is 3.66. The fraction of sp³-hybridized carbons (Fsp3) is 0.900. The molecule has 0 aliphatic heterocycles. The van der Waals surface area contributed by atoms with Gasteiger partial charge in [-0.3, -0.25) is 4.79 Å². The Morgan fingerprint density at radius 2 is 2.15 bits per heavy atom. The van der Waals surface area contributed by atoms with E-state index >= 15 is 0 Å². The molecule has 74 valence electrons. The zero-order chi connectivity index (χ0) is 9.26. The minimum Gasteiger partial charge on any atom is -0.468 e. The van der Waals surface area contributed by atoms with Gasteiger partial charge in [0, 0.05) is 0 Å². The number of rotatable bonds is 5. The highest BCUT2D eigenvalue weighted by molar-refractivity contribution is 5.76. The maximum atomic E-state index is 11.3. The highest BCUT2D eigenvalue weighted by Crippen LogP contribution is 2.34. The summed E-state index contributed by atoms with van der Waals surface area (Å²) < 4.78 is 4.76. The maximum absolute atomic E-state index is 11.3. The Labute approximate surface area is 78.8 Å². The molecule has 2 aliphatic carbocycles. The minimum atomic E-state index is -0.0804. The average molecular weight is 183 g/mol. The van der Waals surface area contributed by atoms with Gasteiger partial charge in [-0.25, -0.2) is 0 Å². The number of hydrogen-bond acceptors (Lipinski definition) is 3. The van der Waals surface area contributed by atoms with Crippen molar-refractivity contribution in [3.63, 3.8) is 0 Å². The lowest BCUT2D eigenvalue weighted by molar-refractivity contribution is -0.143. The molecule has 1 unspecified atom stereocenters. The summed E-state index contributed by atoms with van der Waals surface area (Å²) >= 11 is 0. The van der Waals surface area contributed by atoms with Crippen molar-refractivity contribution in [2.24, 2.45) is 11.8 Å². The van der Waals surface area contributed by atoms with Crippen molar-refractivity contribution in [3.8, 4) is 0 Å². The molecule has 0 saturated heterocycles. The number of esters is 1. The van der Waals surface area contributed by atoms with E-state index in [0.29, 0.717) is 5.92 Å². The van der Waals surface area contributed by atoms with Crippen molar-refractivity contribution in [3.05, 3.63) is 0 Å². The van der Waals surface area contributed by atoms with E-state index in [0.717, 1.165) is 12.5 Å². The number of carbonyl (C=O) groups excluding carboxylic acids is 1. The molecule has 0 radical (unpaired) electrons. The van der Waals surface area contributed by atoms with Gasteiger partial charge in [0.15, 0.2) is 0 Å². The first-order valence-corrected chi connectivity index (χ1v) is 5.12. The van der Waals surface area contributed by atoms with Crippen molar-refractivity contribution in [2.75, 3.05) is 13.7 Å². The summed E-state index contributed by atoms with van der Waals surface area (Å²) in [5.41, 5.74) is 0. The summed E-state index contributed by atoms with van der Waals surface area (Å²) in [5.74, 6) is 1.29.